The molecule has 0 saturated carbocycles. The molecule has 1 atom stereocenters. The van der Waals surface area contributed by atoms with E-state index in [1.54, 1.807) is 31.4 Å². The van der Waals surface area contributed by atoms with E-state index in [0.717, 1.165) is 25.9 Å². The minimum Gasteiger partial charge on any atom is -0.497 e. The first-order valence-electron chi connectivity index (χ1n) is 6.95. The van der Waals surface area contributed by atoms with Gasteiger partial charge in [-0.2, -0.15) is 0 Å². The number of nitrogens with one attached hydrogen (secondary N) is 1. The summed E-state index contributed by atoms with van der Waals surface area (Å²) in [4.78, 5) is 11.9. The summed E-state index contributed by atoms with van der Waals surface area (Å²) in [5.41, 5.74) is 0.582. The minimum absolute atomic E-state index is 0.113. The van der Waals surface area contributed by atoms with E-state index in [1.165, 1.54) is 0 Å². The molecule has 0 spiro atoms. The Kier molecular flexibility index (Phi) is 5.83. The Morgan fingerprint density at radius 1 is 1.45 bits per heavy atom. The van der Waals surface area contributed by atoms with Crippen LogP contribution in [0.1, 0.15) is 29.6 Å². The quantitative estimate of drug-likeness (QED) is 0.809. The van der Waals surface area contributed by atoms with Crippen LogP contribution in [0.4, 0.5) is 0 Å². The zero-order valence-corrected chi connectivity index (χ0v) is 11.8. The molecular weight excluding hydrogens is 258 g/mol. The Morgan fingerprint density at radius 2 is 2.35 bits per heavy atom. The average Bonchev–Trinajstić information content (AvgIpc) is 2.52. The van der Waals surface area contributed by atoms with Crippen LogP contribution < -0.4 is 10.1 Å². The molecule has 0 radical (unpaired) electrons. The molecule has 1 aromatic rings. The van der Waals surface area contributed by atoms with Gasteiger partial charge in [0.05, 0.1) is 13.7 Å². The molecule has 5 heteroatoms. The summed E-state index contributed by atoms with van der Waals surface area (Å²) in [6.45, 7) is 1.69. The van der Waals surface area contributed by atoms with Crippen molar-refractivity contribution in [2.24, 2.45) is 0 Å². The normalized spacial score (nSPS) is 18.6. The number of amides is 1. The number of rotatable bonds is 6. The van der Waals surface area contributed by atoms with Gasteiger partial charge in [-0.1, -0.05) is 6.07 Å². The molecule has 110 valence electrons. The predicted octanol–water partition coefficient (Wildman–Crippen LogP) is 1.97. The van der Waals surface area contributed by atoms with Crippen molar-refractivity contribution in [3.8, 4) is 5.75 Å². The van der Waals surface area contributed by atoms with Crippen molar-refractivity contribution in [2.75, 3.05) is 26.9 Å². The minimum atomic E-state index is -0.128. The summed E-state index contributed by atoms with van der Waals surface area (Å²) in [6.07, 6.45) is 3.06. The Hall–Kier alpha value is -1.59. The number of hydrogen-bond donors (Lipinski definition) is 1. The second-order valence-corrected chi connectivity index (χ2v) is 4.65. The molecule has 1 saturated heterocycles. The fourth-order valence-electron chi connectivity index (χ4n) is 2.06. The SMILES string of the molecule is COc1cccc(C(=O)NCCO[C@H]2CCCCO2)c1. The summed E-state index contributed by atoms with van der Waals surface area (Å²) in [5.74, 6) is 0.543. The Labute approximate surface area is 119 Å². The van der Waals surface area contributed by atoms with Gasteiger partial charge in [0.1, 0.15) is 5.75 Å². The van der Waals surface area contributed by atoms with Gasteiger partial charge in [-0.05, 0) is 37.5 Å². The van der Waals surface area contributed by atoms with E-state index in [0.29, 0.717) is 24.5 Å². The highest BCUT2D eigenvalue weighted by molar-refractivity contribution is 5.94. The maximum absolute atomic E-state index is 11.9. The third-order valence-electron chi connectivity index (χ3n) is 3.16. The molecular formula is C15H21NO4. The fourth-order valence-corrected chi connectivity index (χ4v) is 2.06. The lowest BCUT2D eigenvalue weighted by Gasteiger charge is -2.22. The topological polar surface area (TPSA) is 56.8 Å². The lowest BCUT2D eigenvalue weighted by Crippen LogP contribution is -2.30. The molecule has 1 N–H and O–H groups in total. The fraction of sp³-hybridized carbons (Fsp3) is 0.533. The third-order valence-corrected chi connectivity index (χ3v) is 3.16. The van der Waals surface area contributed by atoms with E-state index in [2.05, 4.69) is 5.32 Å². The molecule has 1 heterocycles. The van der Waals surface area contributed by atoms with E-state index in [9.17, 15) is 4.79 Å². The van der Waals surface area contributed by atoms with Crippen molar-refractivity contribution in [3.05, 3.63) is 29.8 Å². The first-order chi connectivity index (χ1) is 9.79. The van der Waals surface area contributed by atoms with Crippen molar-refractivity contribution >= 4 is 5.91 Å². The van der Waals surface area contributed by atoms with Crippen LogP contribution in [-0.4, -0.2) is 39.1 Å². The summed E-state index contributed by atoms with van der Waals surface area (Å²) < 4.78 is 16.1. The summed E-state index contributed by atoms with van der Waals surface area (Å²) in [5, 5.41) is 2.81. The van der Waals surface area contributed by atoms with Gasteiger partial charge in [-0.25, -0.2) is 0 Å². The van der Waals surface area contributed by atoms with Crippen LogP contribution in [0.25, 0.3) is 0 Å². The standard InChI is InChI=1S/C15H21NO4/c1-18-13-6-4-5-12(11-13)15(17)16-8-10-20-14-7-2-3-9-19-14/h4-6,11,14H,2-3,7-10H2,1H3,(H,16,17)/t14-/m0/s1. The van der Waals surface area contributed by atoms with E-state index in [1.807, 2.05) is 0 Å². The Bertz CT molecular complexity index is 430. The molecule has 0 aromatic heterocycles. The van der Waals surface area contributed by atoms with Crippen LogP contribution in [-0.2, 0) is 9.47 Å². The van der Waals surface area contributed by atoms with Gasteiger partial charge >= 0.3 is 0 Å². The summed E-state index contributed by atoms with van der Waals surface area (Å²) >= 11 is 0. The van der Waals surface area contributed by atoms with Crippen LogP contribution in [0.5, 0.6) is 5.75 Å². The highest BCUT2D eigenvalue weighted by atomic mass is 16.7. The zero-order chi connectivity index (χ0) is 14.2. The van der Waals surface area contributed by atoms with Crippen LogP contribution >= 0.6 is 0 Å². The van der Waals surface area contributed by atoms with Gasteiger partial charge in [-0.3, -0.25) is 4.79 Å². The molecule has 20 heavy (non-hydrogen) atoms. The number of carbonyl (C=O) groups excluding carboxylic acids is 1. The van der Waals surface area contributed by atoms with Gasteiger partial charge in [0.2, 0.25) is 0 Å². The monoisotopic (exact) mass is 279 g/mol. The van der Waals surface area contributed by atoms with Crippen molar-refractivity contribution in [1.29, 1.82) is 0 Å². The molecule has 0 aliphatic carbocycles. The maximum atomic E-state index is 11.9. The van der Waals surface area contributed by atoms with Gasteiger partial charge in [0.25, 0.3) is 5.91 Å². The number of ether oxygens (including phenoxy) is 3. The number of methoxy groups -OCH3 is 1. The number of carbonyl (C=O) groups is 1. The Morgan fingerprint density at radius 3 is 3.10 bits per heavy atom. The number of hydrogen-bond acceptors (Lipinski definition) is 4. The lowest BCUT2D eigenvalue weighted by molar-refractivity contribution is -0.161. The maximum Gasteiger partial charge on any atom is 0.251 e. The van der Waals surface area contributed by atoms with E-state index >= 15 is 0 Å². The van der Waals surface area contributed by atoms with E-state index in [4.69, 9.17) is 14.2 Å². The van der Waals surface area contributed by atoms with Crippen LogP contribution in [0.15, 0.2) is 24.3 Å². The van der Waals surface area contributed by atoms with Crippen molar-refractivity contribution in [2.45, 2.75) is 25.6 Å². The lowest BCUT2D eigenvalue weighted by atomic mass is 10.2. The number of benzene rings is 1. The van der Waals surface area contributed by atoms with Gasteiger partial charge in [0.15, 0.2) is 6.29 Å². The largest absolute Gasteiger partial charge is 0.497 e. The van der Waals surface area contributed by atoms with Crippen molar-refractivity contribution < 1.29 is 19.0 Å². The molecule has 2 rings (SSSR count). The molecule has 0 bridgehead atoms. The highest BCUT2D eigenvalue weighted by Gasteiger charge is 2.13. The third kappa shape index (κ3) is 4.51. The molecule has 1 fully saturated rings. The van der Waals surface area contributed by atoms with Gasteiger partial charge in [0, 0.05) is 18.7 Å². The molecule has 0 unspecified atom stereocenters. The van der Waals surface area contributed by atoms with Crippen molar-refractivity contribution in [1.82, 2.24) is 5.32 Å². The van der Waals surface area contributed by atoms with Crippen LogP contribution in [0, 0.1) is 0 Å². The van der Waals surface area contributed by atoms with Gasteiger partial charge < -0.3 is 19.5 Å². The first-order valence-corrected chi connectivity index (χ1v) is 6.95. The average molecular weight is 279 g/mol. The molecule has 1 aromatic carbocycles. The summed E-state index contributed by atoms with van der Waals surface area (Å²) in [6, 6.07) is 7.06. The highest BCUT2D eigenvalue weighted by Crippen LogP contribution is 2.13. The van der Waals surface area contributed by atoms with Crippen LogP contribution in [0.3, 0.4) is 0 Å². The van der Waals surface area contributed by atoms with E-state index < -0.39 is 0 Å². The van der Waals surface area contributed by atoms with Crippen molar-refractivity contribution in [3.63, 3.8) is 0 Å². The predicted molar refractivity (Wildman–Crippen MR) is 74.9 cm³/mol. The van der Waals surface area contributed by atoms with Gasteiger partial charge in [-0.15, -0.1) is 0 Å². The second kappa shape index (κ2) is 7.87. The van der Waals surface area contributed by atoms with Crippen LogP contribution in [0.2, 0.25) is 0 Å². The molecule has 1 amide bonds. The zero-order valence-electron chi connectivity index (χ0n) is 11.8. The second-order valence-electron chi connectivity index (χ2n) is 4.65. The smallest absolute Gasteiger partial charge is 0.251 e. The molecule has 1 aliphatic heterocycles. The molecule has 5 nitrogen and oxygen atoms in total. The first kappa shape index (κ1) is 14.8. The van der Waals surface area contributed by atoms with E-state index in [-0.39, 0.29) is 12.2 Å². The molecule has 1 aliphatic rings. The summed E-state index contributed by atoms with van der Waals surface area (Å²) in [7, 11) is 1.58. The Balaban J connectivity index is 1.69.